The topological polar surface area (TPSA) is 113 Å². The maximum Gasteiger partial charge on any atom is 0.421 e. The van der Waals surface area contributed by atoms with Gasteiger partial charge in [0.2, 0.25) is 16.0 Å². The predicted molar refractivity (Wildman–Crippen MR) is 122 cm³/mol. The van der Waals surface area contributed by atoms with Crippen molar-refractivity contribution in [3.8, 4) is 0 Å². The van der Waals surface area contributed by atoms with Crippen LogP contribution in [0.2, 0.25) is 0 Å². The molecule has 0 fully saturated rings. The third kappa shape index (κ3) is 6.11. The molecule has 0 amide bonds. The largest absolute Gasteiger partial charge is 0.421 e. The number of nitrogens with two attached hydrogens (primary N) is 1. The van der Waals surface area contributed by atoms with Crippen LogP contribution >= 0.6 is 0 Å². The van der Waals surface area contributed by atoms with Crippen molar-refractivity contribution >= 4 is 33.2 Å². The third-order valence-electron chi connectivity index (χ3n) is 4.81. The molecule has 0 aliphatic heterocycles. The number of halogens is 3. The Balaban J connectivity index is 1.89. The number of alkyl halides is 3. The fraction of sp³-hybridized carbons (Fsp3) is 0.238. The van der Waals surface area contributed by atoms with Gasteiger partial charge in [-0.25, -0.2) is 13.4 Å². The zero-order valence-corrected chi connectivity index (χ0v) is 18.7. The molecule has 2 aromatic carbocycles. The molecule has 4 N–H and O–H groups in total. The zero-order chi connectivity index (χ0) is 24.2. The van der Waals surface area contributed by atoms with Gasteiger partial charge in [-0.15, -0.1) is 0 Å². The van der Waals surface area contributed by atoms with Gasteiger partial charge in [-0.1, -0.05) is 30.3 Å². The summed E-state index contributed by atoms with van der Waals surface area (Å²) in [6.45, 7) is 0.266. The second kappa shape index (κ2) is 9.63. The summed E-state index contributed by atoms with van der Waals surface area (Å²) in [5.41, 5.74) is 6.82. The van der Waals surface area contributed by atoms with Gasteiger partial charge in [0.1, 0.15) is 11.4 Å². The van der Waals surface area contributed by atoms with Crippen LogP contribution in [0.5, 0.6) is 0 Å². The fourth-order valence-corrected chi connectivity index (χ4v) is 3.50. The van der Waals surface area contributed by atoms with Gasteiger partial charge < -0.3 is 16.4 Å². The summed E-state index contributed by atoms with van der Waals surface area (Å²) in [6, 6.07) is 13.5. The number of anilines is 4. The molecular weight excluding hydrogens is 457 g/mol. The van der Waals surface area contributed by atoms with Gasteiger partial charge in [-0.2, -0.15) is 18.2 Å². The SMILES string of the molecule is CN(c1ccccc1CNc1nc(Nc2ccc(CN)cc2)ncc1C(F)(F)F)S(C)(=O)=O. The van der Waals surface area contributed by atoms with Crippen molar-refractivity contribution in [2.24, 2.45) is 5.73 Å². The van der Waals surface area contributed by atoms with Crippen LogP contribution in [-0.4, -0.2) is 31.7 Å². The molecule has 0 saturated heterocycles. The van der Waals surface area contributed by atoms with Crippen molar-refractivity contribution in [3.05, 3.63) is 71.4 Å². The highest BCUT2D eigenvalue weighted by atomic mass is 32.2. The number of rotatable bonds is 8. The van der Waals surface area contributed by atoms with Crippen molar-refractivity contribution in [2.75, 3.05) is 28.2 Å². The van der Waals surface area contributed by atoms with E-state index in [1.807, 2.05) is 0 Å². The summed E-state index contributed by atoms with van der Waals surface area (Å²) in [5.74, 6) is -0.470. The second-order valence-electron chi connectivity index (χ2n) is 7.19. The highest BCUT2D eigenvalue weighted by molar-refractivity contribution is 7.92. The first-order chi connectivity index (χ1) is 15.5. The molecule has 0 atom stereocenters. The minimum atomic E-state index is -4.69. The smallest absolute Gasteiger partial charge is 0.365 e. The molecule has 0 saturated carbocycles. The Labute approximate surface area is 189 Å². The first-order valence-electron chi connectivity index (χ1n) is 9.75. The molecule has 12 heteroatoms. The molecule has 33 heavy (non-hydrogen) atoms. The monoisotopic (exact) mass is 480 g/mol. The van der Waals surface area contributed by atoms with Gasteiger partial charge in [0.25, 0.3) is 0 Å². The summed E-state index contributed by atoms with van der Waals surface area (Å²) in [4.78, 5) is 7.79. The molecule has 8 nitrogen and oxygen atoms in total. The van der Waals surface area contributed by atoms with Crippen molar-refractivity contribution in [2.45, 2.75) is 19.3 Å². The quantitative estimate of drug-likeness (QED) is 0.451. The van der Waals surface area contributed by atoms with Crippen LogP contribution in [0.3, 0.4) is 0 Å². The number of nitrogens with zero attached hydrogens (tertiary/aromatic N) is 3. The van der Waals surface area contributed by atoms with Crippen molar-refractivity contribution in [1.82, 2.24) is 9.97 Å². The second-order valence-corrected chi connectivity index (χ2v) is 9.21. The normalized spacial score (nSPS) is 11.8. The average Bonchev–Trinajstić information content (AvgIpc) is 2.76. The van der Waals surface area contributed by atoms with Crippen LogP contribution in [0.4, 0.5) is 36.3 Å². The van der Waals surface area contributed by atoms with Gasteiger partial charge in [0.05, 0.1) is 11.9 Å². The molecule has 0 radical (unpaired) electrons. The summed E-state index contributed by atoms with van der Waals surface area (Å²) < 4.78 is 65.5. The number of aromatic nitrogens is 2. The van der Waals surface area contributed by atoms with Crippen LogP contribution in [0, 0.1) is 0 Å². The summed E-state index contributed by atoms with van der Waals surface area (Å²) in [5, 5.41) is 5.54. The number of nitrogens with one attached hydrogen (secondary N) is 2. The summed E-state index contributed by atoms with van der Waals surface area (Å²) >= 11 is 0. The molecule has 1 heterocycles. The zero-order valence-electron chi connectivity index (χ0n) is 17.9. The Bertz CT molecular complexity index is 1220. The number of benzene rings is 2. The van der Waals surface area contributed by atoms with Gasteiger partial charge >= 0.3 is 6.18 Å². The van der Waals surface area contributed by atoms with Gasteiger partial charge in [-0.3, -0.25) is 4.31 Å². The van der Waals surface area contributed by atoms with Crippen LogP contribution in [0.25, 0.3) is 0 Å². The summed E-state index contributed by atoms with van der Waals surface area (Å²) in [7, 11) is -2.18. The van der Waals surface area contributed by atoms with E-state index < -0.39 is 27.6 Å². The molecule has 0 bridgehead atoms. The van der Waals surface area contributed by atoms with E-state index in [0.717, 1.165) is 16.1 Å². The van der Waals surface area contributed by atoms with Crippen molar-refractivity contribution in [1.29, 1.82) is 0 Å². The summed E-state index contributed by atoms with van der Waals surface area (Å²) in [6.07, 6.45) is -2.95. The Morgan fingerprint density at radius 2 is 1.76 bits per heavy atom. The van der Waals surface area contributed by atoms with Crippen molar-refractivity contribution in [3.63, 3.8) is 0 Å². The number of hydrogen-bond acceptors (Lipinski definition) is 7. The number of sulfonamides is 1. The Morgan fingerprint density at radius 3 is 2.36 bits per heavy atom. The molecule has 1 aromatic heterocycles. The van der Waals surface area contributed by atoms with E-state index in [1.165, 1.54) is 7.05 Å². The van der Waals surface area contributed by atoms with Crippen LogP contribution in [0.1, 0.15) is 16.7 Å². The van der Waals surface area contributed by atoms with E-state index >= 15 is 0 Å². The third-order valence-corrected chi connectivity index (χ3v) is 6.01. The molecule has 3 aromatic rings. The molecule has 3 rings (SSSR count). The number of hydrogen-bond donors (Lipinski definition) is 3. The lowest BCUT2D eigenvalue weighted by molar-refractivity contribution is -0.137. The number of para-hydroxylation sites is 1. The molecule has 0 spiro atoms. The fourth-order valence-electron chi connectivity index (χ4n) is 2.96. The van der Waals surface area contributed by atoms with Crippen LogP contribution in [0.15, 0.2) is 54.7 Å². The van der Waals surface area contributed by atoms with Gasteiger partial charge in [-0.05, 0) is 29.3 Å². The van der Waals surface area contributed by atoms with E-state index in [2.05, 4.69) is 20.6 Å². The molecular formula is C21H23F3N6O2S. The molecule has 176 valence electrons. The average molecular weight is 481 g/mol. The Kier molecular flexibility index (Phi) is 7.08. The van der Waals surface area contributed by atoms with Gasteiger partial charge in [0, 0.05) is 32.0 Å². The molecule has 0 aliphatic carbocycles. The minimum absolute atomic E-state index is 0.0347. The highest BCUT2D eigenvalue weighted by Gasteiger charge is 2.35. The van der Waals surface area contributed by atoms with E-state index in [-0.39, 0.29) is 12.5 Å². The lowest BCUT2D eigenvalue weighted by atomic mass is 10.1. The Hall–Kier alpha value is -3.38. The van der Waals surface area contributed by atoms with Crippen LogP contribution < -0.4 is 20.7 Å². The lowest BCUT2D eigenvalue weighted by Gasteiger charge is -2.21. The minimum Gasteiger partial charge on any atom is -0.365 e. The van der Waals surface area contributed by atoms with E-state index in [4.69, 9.17) is 5.73 Å². The standard InChI is InChI=1S/C21H23F3N6O2S/c1-30(33(2,31)32)18-6-4-3-5-15(18)12-26-19-17(21(22,23)24)13-27-20(29-19)28-16-9-7-14(11-25)8-10-16/h3-10,13H,11-12,25H2,1-2H3,(H2,26,27,28,29). The maximum atomic E-state index is 13.5. The van der Waals surface area contributed by atoms with Crippen molar-refractivity contribution < 1.29 is 21.6 Å². The van der Waals surface area contributed by atoms with E-state index in [9.17, 15) is 21.6 Å². The molecule has 0 unspecified atom stereocenters. The maximum absolute atomic E-state index is 13.5. The van der Waals surface area contributed by atoms with E-state index in [0.29, 0.717) is 29.7 Å². The Morgan fingerprint density at radius 1 is 1.09 bits per heavy atom. The predicted octanol–water partition coefficient (Wildman–Crippen LogP) is 3.71. The van der Waals surface area contributed by atoms with Crippen LogP contribution in [-0.2, 0) is 29.3 Å². The first kappa shape index (κ1) is 24.3. The highest BCUT2D eigenvalue weighted by Crippen LogP contribution is 2.34. The van der Waals surface area contributed by atoms with E-state index in [1.54, 1.807) is 48.5 Å². The molecule has 0 aliphatic rings. The lowest BCUT2D eigenvalue weighted by Crippen LogP contribution is -2.26. The van der Waals surface area contributed by atoms with Gasteiger partial charge in [0.15, 0.2) is 0 Å². The first-order valence-corrected chi connectivity index (χ1v) is 11.6.